The molecule has 1 aromatic heterocycles. The van der Waals surface area contributed by atoms with Crippen LogP contribution in [0, 0.1) is 0 Å². The van der Waals surface area contributed by atoms with E-state index in [2.05, 4.69) is 26.0 Å². The zero-order valence-electron chi connectivity index (χ0n) is 15.3. The van der Waals surface area contributed by atoms with Crippen LogP contribution in [0.1, 0.15) is 39.2 Å². The lowest BCUT2D eigenvalue weighted by molar-refractivity contribution is -0.695. The number of allylic oxidation sites excluding steroid dienone is 4. The molecule has 0 atom stereocenters. The second kappa shape index (κ2) is 9.75. The molecule has 0 amide bonds. The Balaban J connectivity index is 2.83. The molecular weight excluding hydrogens is 376 g/mol. The molecule has 1 rings (SSSR count). The Morgan fingerprint density at radius 3 is 2.27 bits per heavy atom. The molecule has 7 nitrogen and oxygen atoms in total. The van der Waals surface area contributed by atoms with Crippen LogP contribution in [0.3, 0.4) is 0 Å². The summed E-state index contributed by atoms with van der Waals surface area (Å²) >= 11 is 0. The van der Waals surface area contributed by atoms with Gasteiger partial charge >= 0.3 is 15.2 Å². The van der Waals surface area contributed by atoms with E-state index < -0.39 is 27.1 Å². The summed E-state index contributed by atoms with van der Waals surface area (Å²) in [5.74, 6) is 0. The lowest BCUT2D eigenvalue weighted by Crippen LogP contribution is -2.39. The maximum Gasteiger partial charge on any atom is 0.347 e. The van der Waals surface area contributed by atoms with Crippen LogP contribution in [0.2, 0.25) is 0 Å². The topological polar surface area (TPSA) is 119 Å². The van der Waals surface area contributed by atoms with Gasteiger partial charge in [0.05, 0.1) is 0 Å². The molecule has 4 N–H and O–H groups in total. The van der Waals surface area contributed by atoms with Crippen molar-refractivity contribution in [3.63, 3.8) is 0 Å². The van der Waals surface area contributed by atoms with E-state index in [0.717, 1.165) is 18.4 Å². The van der Waals surface area contributed by atoms with Crippen molar-refractivity contribution >= 4 is 15.2 Å². The van der Waals surface area contributed by atoms with Gasteiger partial charge in [0.1, 0.15) is 0 Å². The number of hydrogen-bond acceptors (Lipinski definition) is 2. The zero-order valence-corrected chi connectivity index (χ0v) is 17.1. The third-order valence-corrected chi connectivity index (χ3v) is 7.53. The number of rotatable bonds is 9. The van der Waals surface area contributed by atoms with Gasteiger partial charge in [-0.3, -0.25) is 9.13 Å². The molecule has 0 radical (unpaired) electrons. The summed E-state index contributed by atoms with van der Waals surface area (Å²) in [7, 11) is -9.86. The first-order valence-electron chi connectivity index (χ1n) is 8.27. The highest BCUT2D eigenvalue weighted by Crippen LogP contribution is 2.59. The average molecular weight is 404 g/mol. The maximum absolute atomic E-state index is 11.4. The Bertz CT molecular complexity index is 736. The Labute approximate surface area is 154 Å². The van der Waals surface area contributed by atoms with Crippen molar-refractivity contribution in [2.45, 2.75) is 52.0 Å². The molecule has 0 unspecified atom stereocenters. The highest BCUT2D eigenvalue weighted by atomic mass is 31.2. The highest BCUT2D eigenvalue weighted by molar-refractivity contribution is 7.70. The number of pyridine rings is 1. The number of hydrogen-bond donors (Lipinski definition) is 4. The Morgan fingerprint density at radius 2 is 1.73 bits per heavy atom. The molecule has 0 bridgehead atoms. The van der Waals surface area contributed by atoms with E-state index >= 15 is 0 Å². The van der Waals surface area contributed by atoms with E-state index in [4.69, 9.17) is 0 Å². The van der Waals surface area contributed by atoms with E-state index in [-0.39, 0.29) is 0 Å². The molecule has 0 saturated carbocycles. The Kier molecular flexibility index (Phi) is 8.61. The fraction of sp³-hybridized carbons (Fsp3) is 0.471. The lowest BCUT2D eigenvalue weighted by Gasteiger charge is -2.16. The third-order valence-electron chi connectivity index (χ3n) is 3.85. The highest BCUT2D eigenvalue weighted by Gasteiger charge is 2.46. The van der Waals surface area contributed by atoms with Gasteiger partial charge in [0.2, 0.25) is 5.40 Å². The molecule has 1 aromatic rings. The molecule has 1 heterocycles. The molecule has 26 heavy (non-hydrogen) atoms. The summed E-state index contributed by atoms with van der Waals surface area (Å²) in [6.07, 6.45) is 10.0. The summed E-state index contributed by atoms with van der Waals surface area (Å²) in [5, 5.41) is -2.04. The normalized spacial score (nSPS) is 13.2. The quantitative estimate of drug-likeness (QED) is 0.286. The fourth-order valence-electron chi connectivity index (χ4n) is 2.39. The van der Waals surface area contributed by atoms with Gasteiger partial charge in [-0.15, -0.1) is 0 Å². The SMILES string of the molecule is CC(C)=CCC/C(C)=C/Cc1ccc[n+](CC(P(=O)(O)O)P(=O)(O)O)c1. The fourth-order valence-corrected chi connectivity index (χ4v) is 4.76. The van der Waals surface area contributed by atoms with Gasteiger partial charge in [0, 0.05) is 11.6 Å². The Hall–Kier alpha value is -1.07. The molecular formula is C17H28NO6P2+. The van der Waals surface area contributed by atoms with Crippen LogP contribution in [0.15, 0.2) is 47.8 Å². The minimum Gasteiger partial charge on any atom is -0.324 e. The van der Waals surface area contributed by atoms with Crippen molar-refractivity contribution in [2.24, 2.45) is 0 Å². The molecule has 0 aliphatic rings. The van der Waals surface area contributed by atoms with Crippen LogP contribution in [0.5, 0.6) is 0 Å². The largest absolute Gasteiger partial charge is 0.347 e. The average Bonchev–Trinajstić information content (AvgIpc) is 2.48. The van der Waals surface area contributed by atoms with Crippen LogP contribution < -0.4 is 4.57 Å². The second-order valence-electron chi connectivity index (χ2n) is 6.64. The zero-order chi connectivity index (χ0) is 20.0. The van der Waals surface area contributed by atoms with Gasteiger partial charge in [0.15, 0.2) is 18.9 Å². The molecule has 0 fully saturated rings. The smallest absolute Gasteiger partial charge is 0.324 e. The summed E-state index contributed by atoms with van der Waals surface area (Å²) in [5.41, 5.74) is 3.41. The number of nitrogens with zero attached hydrogens (tertiary/aromatic N) is 1. The third kappa shape index (κ3) is 8.54. The lowest BCUT2D eigenvalue weighted by atomic mass is 10.1. The van der Waals surface area contributed by atoms with Crippen molar-refractivity contribution in [2.75, 3.05) is 0 Å². The first-order chi connectivity index (χ1) is 11.9. The maximum atomic E-state index is 11.4. The summed E-state index contributed by atoms with van der Waals surface area (Å²) < 4.78 is 24.2. The standard InChI is InChI=1S/C17H27NO6P2/c1-14(2)6-4-7-15(3)9-10-16-8-5-11-18(12-16)13-17(25(19,20)21)26(22,23)24/h5-6,8-9,11-12,17H,4,7,10,13H2,1-3H3,(H3-,19,20,21,22,23,24)/p+1/b15-9+. The van der Waals surface area contributed by atoms with E-state index in [9.17, 15) is 28.7 Å². The van der Waals surface area contributed by atoms with Gasteiger partial charge in [0.25, 0.3) is 0 Å². The molecule has 0 aliphatic carbocycles. The van der Waals surface area contributed by atoms with E-state index in [1.54, 1.807) is 12.3 Å². The minimum atomic E-state index is -4.93. The van der Waals surface area contributed by atoms with Crippen molar-refractivity contribution in [3.05, 3.63) is 53.4 Å². The van der Waals surface area contributed by atoms with E-state index in [0.29, 0.717) is 6.42 Å². The van der Waals surface area contributed by atoms with Crippen LogP contribution in [-0.2, 0) is 22.1 Å². The van der Waals surface area contributed by atoms with Crippen molar-refractivity contribution in [1.82, 2.24) is 0 Å². The van der Waals surface area contributed by atoms with Gasteiger partial charge in [-0.2, -0.15) is 0 Å². The van der Waals surface area contributed by atoms with Crippen molar-refractivity contribution in [1.29, 1.82) is 0 Å². The first-order valence-corrected chi connectivity index (χ1v) is 11.6. The predicted octanol–water partition coefficient (Wildman–Crippen LogP) is 2.89. The summed E-state index contributed by atoms with van der Waals surface area (Å²) in [6, 6.07) is 3.55. The van der Waals surface area contributed by atoms with Gasteiger partial charge in [-0.05, 0) is 46.1 Å². The molecule has 0 aliphatic heterocycles. The van der Waals surface area contributed by atoms with Gasteiger partial charge in [-0.1, -0.05) is 23.3 Å². The molecule has 9 heteroatoms. The van der Waals surface area contributed by atoms with Gasteiger partial charge in [-0.25, -0.2) is 4.57 Å². The molecule has 146 valence electrons. The van der Waals surface area contributed by atoms with Crippen molar-refractivity contribution < 1.29 is 33.3 Å². The van der Waals surface area contributed by atoms with Crippen LogP contribution >= 0.6 is 15.2 Å². The predicted molar refractivity (Wildman–Crippen MR) is 101 cm³/mol. The van der Waals surface area contributed by atoms with Gasteiger partial charge < -0.3 is 19.6 Å². The molecule has 0 aromatic carbocycles. The van der Waals surface area contributed by atoms with E-state index in [1.807, 2.05) is 13.0 Å². The minimum absolute atomic E-state index is 0.453. The van der Waals surface area contributed by atoms with E-state index in [1.165, 1.54) is 21.9 Å². The van der Waals surface area contributed by atoms with Crippen molar-refractivity contribution in [3.8, 4) is 0 Å². The molecule has 0 saturated heterocycles. The Morgan fingerprint density at radius 1 is 1.12 bits per heavy atom. The number of aromatic nitrogens is 1. The van der Waals surface area contributed by atoms with Crippen LogP contribution in [0.4, 0.5) is 0 Å². The second-order valence-corrected chi connectivity index (χ2v) is 10.7. The van der Waals surface area contributed by atoms with Crippen LogP contribution in [-0.4, -0.2) is 25.0 Å². The monoisotopic (exact) mass is 404 g/mol. The van der Waals surface area contributed by atoms with Crippen LogP contribution in [0.25, 0.3) is 0 Å². The molecule has 0 spiro atoms. The first kappa shape index (κ1) is 23.0. The summed E-state index contributed by atoms with van der Waals surface area (Å²) in [6.45, 7) is 5.72. The summed E-state index contributed by atoms with van der Waals surface area (Å²) in [4.78, 5) is 36.9.